The van der Waals surface area contributed by atoms with Crippen LogP contribution in [0.2, 0.25) is 5.02 Å². The summed E-state index contributed by atoms with van der Waals surface area (Å²) in [4.78, 5) is 26.0. The van der Waals surface area contributed by atoms with E-state index in [0.29, 0.717) is 24.5 Å². The molecule has 0 aromatic heterocycles. The molecule has 2 heterocycles. The number of hydrogen-bond donors (Lipinski definition) is 1. The van der Waals surface area contributed by atoms with Gasteiger partial charge in [-0.25, -0.2) is 4.79 Å². The highest BCUT2D eigenvalue weighted by Crippen LogP contribution is 2.38. The lowest BCUT2D eigenvalue weighted by Crippen LogP contribution is -2.36. The van der Waals surface area contributed by atoms with Crippen LogP contribution < -0.4 is 10.2 Å². The largest absolute Gasteiger partial charge is 0.452 e. The molecule has 1 amide bonds. The van der Waals surface area contributed by atoms with Gasteiger partial charge in [-0.15, -0.1) is 4.40 Å². The Kier molecular flexibility index (Phi) is 6.48. The number of fused-ring (bicyclic) bond motifs is 3. The van der Waals surface area contributed by atoms with Crippen LogP contribution in [0.4, 0.5) is 5.69 Å². The minimum atomic E-state index is -3.95. The molecular formula is C19H24ClN3O5S. The van der Waals surface area contributed by atoms with E-state index < -0.39 is 28.5 Å². The van der Waals surface area contributed by atoms with E-state index in [9.17, 15) is 18.0 Å². The second kappa shape index (κ2) is 8.71. The first-order valence-corrected chi connectivity index (χ1v) is 11.5. The number of halogens is 1. The number of nitrogens with zero attached hydrogens (tertiary/aromatic N) is 2. The molecule has 3 rings (SSSR count). The predicted octanol–water partition coefficient (Wildman–Crippen LogP) is 2.89. The van der Waals surface area contributed by atoms with E-state index >= 15 is 0 Å². The van der Waals surface area contributed by atoms with Crippen LogP contribution in [0.25, 0.3) is 0 Å². The smallest absolute Gasteiger partial charge is 0.340 e. The lowest BCUT2D eigenvalue weighted by Gasteiger charge is -2.30. The highest BCUT2D eigenvalue weighted by Gasteiger charge is 2.33. The van der Waals surface area contributed by atoms with E-state index in [0.717, 1.165) is 25.7 Å². The molecule has 0 aliphatic carbocycles. The second-order valence-electron chi connectivity index (χ2n) is 7.20. The summed E-state index contributed by atoms with van der Waals surface area (Å²) in [7, 11) is -3.95. The Hall–Kier alpha value is -2.13. The second-order valence-corrected chi connectivity index (χ2v) is 9.18. The highest BCUT2D eigenvalue weighted by molar-refractivity contribution is 7.90. The predicted molar refractivity (Wildman–Crippen MR) is 110 cm³/mol. The van der Waals surface area contributed by atoms with Crippen molar-refractivity contribution in [2.75, 3.05) is 18.1 Å². The quantitative estimate of drug-likeness (QED) is 0.704. The molecule has 0 saturated carbocycles. The fraction of sp³-hybridized carbons (Fsp3) is 0.526. The zero-order chi connectivity index (χ0) is 21.2. The summed E-state index contributed by atoms with van der Waals surface area (Å²) in [6.45, 7) is 3.92. The summed E-state index contributed by atoms with van der Waals surface area (Å²) in [6.07, 6.45) is 4.09. The van der Waals surface area contributed by atoms with Gasteiger partial charge in [0.2, 0.25) is 0 Å². The van der Waals surface area contributed by atoms with Gasteiger partial charge in [-0.05, 0) is 38.3 Å². The number of carbonyl (C=O) groups excluding carboxylic acids is 2. The molecule has 1 aromatic rings. The van der Waals surface area contributed by atoms with Crippen molar-refractivity contribution in [2.45, 2.75) is 56.9 Å². The summed E-state index contributed by atoms with van der Waals surface area (Å²) in [5.41, 5.74) is 0.312. The summed E-state index contributed by atoms with van der Waals surface area (Å²) < 4.78 is 34.3. The van der Waals surface area contributed by atoms with Gasteiger partial charge in [-0.2, -0.15) is 8.42 Å². The van der Waals surface area contributed by atoms with Crippen molar-refractivity contribution in [3.63, 3.8) is 0 Å². The van der Waals surface area contributed by atoms with Crippen molar-refractivity contribution in [3.05, 3.63) is 22.7 Å². The molecule has 8 nitrogen and oxygen atoms in total. The number of carbonyl (C=O) groups is 2. The van der Waals surface area contributed by atoms with E-state index in [-0.39, 0.29) is 21.5 Å². The zero-order valence-corrected chi connectivity index (χ0v) is 18.0. The minimum absolute atomic E-state index is 0.0423. The summed E-state index contributed by atoms with van der Waals surface area (Å²) in [5.74, 6) is -0.797. The van der Waals surface area contributed by atoms with Crippen molar-refractivity contribution in [1.82, 2.24) is 5.32 Å². The van der Waals surface area contributed by atoms with Gasteiger partial charge in [0.05, 0.1) is 16.3 Å². The molecular weight excluding hydrogens is 418 g/mol. The molecule has 158 valence electrons. The lowest BCUT2D eigenvalue weighted by molar-refractivity contribution is -0.124. The Bertz CT molecular complexity index is 961. The molecule has 0 unspecified atom stereocenters. The van der Waals surface area contributed by atoms with Crippen LogP contribution in [-0.4, -0.2) is 45.3 Å². The van der Waals surface area contributed by atoms with Crippen molar-refractivity contribution in [3.8, 4) is 0 Å². The Labute approximate surface area is 175 Å². The summed E-state index contributed by atoms with van der Waals surface area (Å²) in [5, 5.41) is 2.75. The van der Waals surface area contributed by atoms with Gasteiger partial charge >= 0.3 is 5.97 Å². The van der Waals surface area contributed by atoms with Crippen molar-refractivity contribution < 1.29 is 22.7 Å². The number of rotatable bonds is 5. The van der Waals surface area contributed by atoms with Crippen LogP contribution in [-0.2, 0) is 19.6 Å². The van der Waals surface area contributed by atoms with E-state index in [1.165, 1.54) is 12.1 Å². The van der Waals surface area contributed by atoms with E-state index in [2.05, 4.69) is 9.71 Å². The standard InChI is InChI=1S/C19H24ClN3O5S/c1-3-12(2)21-18(24)11-28-19(25)13-9-16-15(10-14(13)20)23-8-6-4-5-7-17(23)22-29(16,26)27/h9-10,12H,3-8,11H2,1-2H3,(H,21,24)/t12-/m1/s1. The third-order valence-electron chi connectivity index (χ3n) is 5.01. The molecule has 2 aliphatic heterocycles. The van der Waals surface area contributed by atoms with Gasteiger partial charge in [0.25, 0.3) is 15.9 Å². The number of ether oxygens (including phenoxy) is 1. The van der Waals surface area contributed by atoms with Crippen LogP contribution in [0.5, 0.6) is 0 Å². The number of sulfonamides is 1. The van der Waals surface area contributed by atoms with Crippen LogP contribution in [0.1, 0.15) is 56.3 Å². The van der Waals surface area contributed by atoms with Crippen molar-refractivity contribution in [1.29, 1.82) is 0 Å². The fourth-order valence-electron chi connectivity index (χ4n) is 3.28. The fourth-order valence-corrected chi connectivity index (χ4v) is 4.78. The van der Waals surface area contributed by atoms with E-state index in [1.807, 2.05) is 18.7 Å². The zero-order valence-electron chi connectivity index (χ0n) is 16.4. The maximum absolute atomic E-state index is 12.7. The maximum Gasteiger partial charge on any atom is 0.340 e. The Morgan fingerprint density at radius 1 is 1.31 bits per heavy atom. The Morgan fingerprint density at radius 2 is 2.07 bits per heavy atom. The third-order valence-corrected chi connectivity index (χ3v) is 6.66. The number of amides is 1. The average molecular weight is 442 g/mol. The molecule has 1 saturated heterocycles. The number of benzene rings is 1. The van der Waals surface area contributed by atoms with E-state index in [4.69, 9.17) is 16.3 Å². The summed E-state index contributed by atoms with van der Waals surface area (Å²) >= 11 is 6.28. The van der Waals surface area contributed by atoms with Crippen LogP contribution in [0.15, 0.2) is 21.4 Å². The van der Waals surface area contributed by atoms with Gasteiger partial charge in [0, 0.05) is 19.0 Å². The van der Waals surface area contributed by atoms with Gasteiger partial charge in [0.1, 0.15) is 10.7 Å². The van der Waals surface area contributed by atoms with E-state index in [1.54, 1.807) is 0 Å². The number of nitrogens with one attached hydrogen (secondary N) is 1. The van der Waals surface area contributed by atoms with Crippen molar-refractivity contribution in [2.24, 2.45) is 4.40 Å². The molecule has 1 aromatic carbocycles. The van der Waals surface area contributed by atoms with Crippen LogP contribution in [0.3, 0.4) is 0 Å². The SMILES string of the molecule is CC[C@@H](C)NC(=O)COC(=O)c1cc2c(cc1Cl)N1CCCCCC1=NS2(=O)=O. The number of hydrogen-bond acceptors (Lipinski definition) is 6. The molecule has 0 spiro atoms. The van der Waals surface area contributed by atoms with Crippen molar-refractivity contribution >= 4 is 45.0 Å². The molecule has 0 radical (unpaired) electrons. The third kappa shape index (κ3) is 4.72. The molecule has 2 aliphatic rings. The average Bonchev–Trinajstić information content (AvgIpc) is 2.90. The number of amidine groups is 1. The van der Waals surface area contributed by atoms with Gasteiger partial charge in [-0.3, -0.25) is 4.79 Å². The Balaban J connectivity index is 1.86. The van der Waals surface area contributed by atoms with Crippen LogP contribution >= 0.6 is 11.6 Å². The first-order valence-electron chi connectivity index (χ1n) is 9.64. The summed E-state index contributed by atoms with van der Waals surface area (Å²) in [6, 6.07) is 2.61. The highest BCUT2D eigenvalue weighted by atomic mass is 35.5. The Morgan fingerprint density at radius 3 is 2.79 bits per heavy atom. The van der Waals surface area contributed by atoms with Gasteiger partial charge in [-0.1, -0.05) is 24.9 Å². The number of esters is 1. The topological polar surface area (TPSA) is 105 Å². The normalized spacial score (nSPS) is 18.6. The molecule has 1 atom stereocenters. The maximum atomic E-state index is 12.7. The minimum Gasteiger partial charge on any atom is -0.452 e. The monoisotopic (exact) mass is 441 g/mol. The molecule has 10 heteroatoms. The molecule has 1 fully saturated rings. The van der Waals surface area contributed by atoms with Gasteiger partial charge in [0.15, 0.2) is 6.61 Å². The molecule has 29 heavy (non-hydrogen) atoms. The lowest BCUT2D eigenvalue weighted by atomic mass is 10.1. The van der Waals surface area contributed by atoms with Gasteiger partial charge < -0.3 is 15.0 Å². The first kappa shape index (κ1) is 21.6. The first-order chi connectivity index (χ1) is 13.7. The van der Waals surface area contributed by atoms with Crippen LogP contribution in [0, 0.1) is 0 Å². The number of anilines is 1. The molecule has 1 N–H and O–H groups in total. The molecule has 0 bridgehead atoms.